The first-order chi connectivity index (χ1) is 6.49. The Morgan fingerprint density at radius 1 is 1.64 bits per heavy atom. The minimum atomic E-state index is -3.59. The summed E-state index contributed by atoms with van der Waals surface area (Å²) < 4.78 is 24.5. The van der Waals surface area contributed by atoms with Crippen molar-refractivity contribution in [3.8, 4) is 0 Å². The summed E-state index contributed by atoms with van der Waals surface area (Å²) in [6, 6.07) is 0. The Hall–Kier alpha value is -1.57. The fourth-order valence-corrected chi connectivity index (χ4v) is 1.78. The maximum absolute atomic E-state index is 11.2. The van der Waals surface area contributed by atoms with Crippen LogP contribution in [0.25, 0.3) is 0 Å². The number of H-pyrrole nitrogens is 1. The van der Waals surface area contributed by atoms with Crippen molar-refractivity contribution in [1.82, 2.24) is 10.2 Å². The molecule has 78 valence electrons. The average molecular weight is 219 g/mol. The molecule has 0 aromatic carbocycles. The Morgan fingerprint density at radius 3 is 2.86 bits per heavy atom. The van der Waals surface area contributed by atoms with Gasteiger partial charge in [0.2, 0.25) is 10.0 Å². The molecule has 0 aliphatic carbocycles. The summed E-state index contributed by atoms with van der Waals surface area (Å²) in [6.45, 7) is 0. The van der Waals surface area contributed by atoms with Crippen molar-refractivity contribution >= 4 is 21.7 Å². The molecule has 7 nitrogen and oxygen atoms in total. The van der Waals surface area contributed by atoms with Gasteiger partial charge in [0.25, 0.3) is 0 Å². The van der Waals surface area contributed by atoms with E-state index in [1.54, 1.807) is 0 Å². The summed E-state index contributed by atoms with van der Waals surface area (Å²) >= 11 is 0. The molecular weight excluding hydrogens is 210 g/mol. The Bertz CT molecular complexity index is 397. The van der Waals surface area contributed by atoms with E-state index in [1.165, 1.54) is 12.4 Å². The van der Waals surface area contributed by atoms with Crippen LogP contribution in [-0.4, -0.2) is 35.4 Å². The molecule has 0 fully saturated rings. The lowest BCUT2D eigenvalue weighted by atomic mass is 10.5. The predicted molar refractivity (Wildman–Crippen MR) is 48.3 cm³/mol. The second-order valence-electron chi connectivity index (χ2n) is 2.55. The van der Waals surface area contributed by atoms with Crippen LogP contribution in [0.5, 0.6) is 0 Å². The molecule has 1 heterocycles. The number of carboxylic acid groups (broad SMARTS) is 1. The zero-order valence-electron chi connectivity index (χ0n) is 7.10. The molecule has 0 aliphatic heterocycles. The van der Waals surface area contributed by atoms with E-state index in [9.17, 15) is 13.2 Å². The largest absolute Gasteiger partial charge is 0.481 e. The maximum Gasteiger partial charge on any atom is 0.304 e. The molecule has 0 radical (unpaired) electrons. The first-order valence-electron chi connectivity index (χ1n) is 3.71. The molecule has 1 rings (SSSR count). The number of aliphatic carboxylic acids is 1. The molecule has 1 aromatic heterocycles. The monoisotopic (exact) mass is 219 g/mol. The van der Waals surface area contributed by atoms with Crippen molar-refractivity contribution in [2.24, 2.45) is 0 Å². The van der Waals surface area contributed by atoms with Gasteiger partial charge in [-0.3, -0.25) is 14.6 Å². The molecule has 0 spiro atoms. The second kappa shape index (κ2) is 4.09. The normalized spacial score (nSPS) is 11.1. The summed E-state index contributed by atoms with van der Waals surface area (Å²) in [4.78, 5) is 10.1. The third kappa shape index (κ3) is 3.44. The number of rotatable bonds is 5. The van der Waals surface area contributed by atoms with E-state index in [2.05, 4.69) is 14.9 Å². The first-order valence-corrected chi connectivity index (χ1v) is 5.36. The summed E-state index contributed by atoms with van der Waals surface area (Å²) in [5.74, 6) is -1.60. The van der Waals surface area contributed by atoms with E-state index in [0.717, 1.165) is 0 Å². The van der Waals surface area contributed by atoms with Crippen LogP contribution in [0.1, 0.15) is 6.42 Å². The first kappa shape index (κ1) is 10.5. The van der Waals surface area contributed by atoms with Crippen molar-refractivity contribution in [2.45, 2.75) is 6.42 Å². The third-order valence-corrected chi connectivity index (χ3v) is 2.64. The van der Waals surface area contributed by atoms with Crippen LogP contribution >= 0.6 is 0 Å². The van der Waals surface area contributed by atoms with Gasteiger partial charge in [-0.25, -0.2) is 8.42 Å². The van der Waals surface area contributed by atoms with E-state index >= 15 is 0 Å². The Balaban J connectivity index is 2.55. The van der Waals surface area contributed by atoms with Gasteiger partial charge < -0.3 is 5.11 Å². The van der Waals surface area contributed by atoms with Crippen LogP contribution in [-0.2, 0) is 14.8 Å². The van der Waals surface area contributed by atoms with Crippen molar-refractivity contribution in [3.63, 3.8) is 0 Å². The van der Waals surface area contributed by atoms with E-state index in [1.807, 2.05) is 0 Å². The van der Waals surface area contributed by atoms with Crippen LogP contribution in [0.15, 0.2) is 12.4 Å². The lowest BCUT2D eigenvalue weighted by Gasteiger charge is -2.02. The number of hydrogen-bond acceptors (Lipinski definition) is 4. The van der Waals surface area contributed by atoms with Crippen LogP contribution in [0.4, 0.5) is 5.69 Å². The quantitative estimate of drug-likeness (QED) is 0.625. The molecule has 8 heteroatoms. The highest BCUT2D eigenvalue weighted by molar-refractivity contribution is 7.92. The number of nitrogens with one attached hydrogen (secondary N) is 2. The molecule has 0 amide bonds. The fraction of sp³-hybridized carbons (Fsp3) is 0.333. The fourth-order valence-electron chi connectivity index (χ4n) is 0.759. The number of carboxylic acids is 1. The molecule has 0 unspecified atom stereocenters. The Morgan fingerprint density at radius 2 is 2.36 bits per heavy atom. The highest BCUT2D eigenvalue weighted by atomic mass is 32.2. The average Bonchev–Trinajstić information content (AvgIpc) is 2.53. The lowest BCUT2D eigenvalue weighted by Crippen LogP contribution is -2.18. The SMILES string of the molecule is O=C(O)CCS(=O)(=O)Nc1cn[nH]c1. The number of carbonyl (C=O) groups is 1. The number of aromatic amines is 1. The minimum Gasteiger partial charge on any atom is -0.481 e. The van der Waals surface area contributed by atoms with Gasteiger partial charge in [-0.2, -0.15) is 5.10 Å². The number of aromatic nitrogens is 2. The van der Waals surface area contributed by atoms with Gasteiger partial charge >= 0.3 is 5.97 Å². The summed E-state index contributed by atoms with van der Waals surface area (Å²) in [5.41, 5.74) is 0.287. The van der Waals surface area contributed by atoms with Gasteiger partial charge in [0.15, 0.2) is 0 Å². The van der Waals surface area contributed by atoms with Gasteiger partial charge in [-0.15, -0.1) is 0 Å². The zero-order valence-corrected chi connectivity index (χ0v) is 7.91. The smallest absolute Gasteiger partial charge is 0.304 e. The topological polar surface area (TPSA) is 112 Å². The van der Waals surface area contributed by atoms with Crippen LogP contribution < -0.4 is 4.72 Å². The van der Waals surface area contributed by atoms with Crippen LogP contribution in [0.3, 0.4) is 0 Å². The molecule has 1 aromatic rings. The van der Waals surface area contributed by atoms with Crippen molar-refractivity contribution in [1.29, 1.82) is 0 Å². The lowest BCUT2D eigenvalue weighted by molar-refractivity contribution is -0.136. The van der Waals surface area contributed by atoms with E-state index in [4.69, 9.17) is 5.11 Å². The van der Waals surface area contributed by atoms with Crippen molar-refractivity contribution in [2.75, 3.05) is 10.5 Å². The molecule has 0 atom stereocenters. The zero-order chi connectivity index (χ0) is 10.6. The molecule has 0 saturated carbocycles. The Labute approximate surface area is 80.2 Å². The molecule has 0 bridgehead atoms. The Kier molecular flexibility index (Phi) is 3.07. The van der Waals surface area contributed by atoms with Crippen molar-refractivity contribution in [3.05, 3.63) is 12.4 Å². The van der Waals surface area contributed by atoms with E-state index < -0.39 is 28.2 Å². The van der Waals surface area contributed by atoms with Crippen molar-refractivity contribution < 1.29 is 18.3 Å². The molecule has 0 aliphatic rings. The van der Waals surface area contributed by atoms with Gasteiger partial charge in [0.05, 0.1) is 24.1 Å². The predicted octanol–water partition coefficient (Wildman–Crippen LogP) is -0.374. The van der Waals surface area contributed by atoms with Gasteiger partial charge in [-0.1, -0.05) is 0 Å². The van der Waals surface area contributed by atoms with E-state index in [-0.39, 0.29) is 5.69 Å². The molecule has 0 saturated heterocycles. The van der Waals surface area contributed by atoms with Gasteiger partial charge in [-0.05, 0) is 0 Å². The van der Waals surface area contributed by atoms with Gasteiger partial charge in [0.1, 0.15) is 0 Å². The highest BCUT2D eigenvalue weighted by Gasteiger charge is 2.12. The summed E-state index contributed by atoms with van der Waals surface area (Å²) in [7, 11) is -3.59. The number of hydrogen-bond donors (Lipinski definition) is 3. The molecule has 3 N–H and O–H groups in total. The number of anilines is 1. The second-order valence-corrected chi connectivity index (χ2v) is 4.39. The minimum absolute atomic E-state index is 0.287. The van der Waals surface area contributed by atoms with Gasteiger partial charge in [0, 0.05) is 6.20 Å². The molecular formula is C6H9N3O4S. The standard InChI is InChI=1S/C6H9N3O4S/c10-6(11)1-2-14(12,13)9-5-3-7-8-4-5/h3-4,9H,1-2H2,(H,7,8)(H,10,11). The van der Waals surface area contributed by atoms with E-state index in [0.29, 0.717) is 0 Å². The van der Waals surface area contributed by atoms with Crippen LogP contribution in [0, 0.1) is 0 Å². The third-order valence-electron chi connectivity index (χ3n) is 1.36. The summed E-state index contributed by atoms with van der Waals surface area (Å²) in [5, 5.41) is 14.2. The maximum atomic E-state index is 11.2. The number of sulfonamides is 1. The molecule has 14 heavy (non-hydrogen) atoms. The summed E-state index contributed by atoms with van der Waals surface area (Å²) in [6.07, 6.45) is 2.23. The van der Waals surface area contributed by atoms with Crippen LogP contribution in [0.2, 0.25) is 0 Å². The highest BCUT2D eigenvalue weighted by Crippen LogP contribution is 2.05. The number of nitrogens with zero attached hydrogens (tertiary/aromatic N) is 1.